The van der Waals surface area contributed by atoms with Crippen LogP contribution in [0.2, 0.25) is 5.02 Å². The standard InChI is InChI=1S/C14H15ClN2O/c15-13-4-2-1-3-10(13)12-7-9(16)8-14(17)11(12)5-6-18/h1-4,7-8,18H,5-6,16-17H2. The third-order valence-corrected chi connectivity index (χ3v) is 3.16. The summed E-state index contributed by atoms with van der Waals surface area (Å²) in [5.74, 6) is 0. The first-order chi connectivity index (χ1) is 8.63. The molecule has 18 heavy (non-hydrogen) atoms. The van der Waals surface area contributed by atoms with Crippen LogP contribution in [-0.2, 0) is 6.42 Å². The summed E-state index contributed by atoms with van der Waals surface area (Å²) in [6.07, 6.45) is 0.479. The second kappa shape index (κ2) is 5.29. The molecule has 0 bridgehead atoms. The van der Waals surface area contributed by atoms with E-state index < -0.39 is 0 Å². The van der Waals surface area contributed by atoms with Gasteiger partial charge in [0, 0.05) is 28.6 Å². The Balaban J connectivity index is 2.66. The number of nitrogens with two attached hydrogens (primary N) is 2. The maximum absolute atomic E-state index is 9.13. The number of hydrogen-bond acceptors (Lipinski definition) is 3. The molecule has 0 aliphatic rings. The van der Waals surface area contributed by atoms with E-state index in [4.69, 9.17) is 28.2 Å². The minimum absolute atomic E-state index is 0.0333. The second-order valence-electron chi connectivity index (χ2n) is 4.09. The fraction of sp³-hybridized carbons (Fsp3) is 0.143. The van der Waals surface area contributed by atoms with Crippen molar-refractivity contribution in [1.82, 2.24) is 0 Å². The van der Waals surface area contributed by atoms with Crippen LogP contribution in [0.15, 0.2) is 36.4 Å². The molecule has 4 heteroatoms. The first kappa shape index (κ1) is 12.7. The molecular weight excluding hydrogens is 248 g/mol. The molecule has 0 aliphatic carbocycles. The monoisotopic (exact) mass is 262 g/mol. The van der Waals surface area contributed by atoms with Crippen molar-refractivity contribution >= 4 is 23.0 Å². The molecule has 0 heterocycles. The van der Waals surface area contributed by atoms with Crippen LogP contribution in [0.4, 0.5) is 11.4 Å². The van der Waals surface area contributed by atoms with Crippen LogP contribution in [0.5, 0.6) is 0 Å². The van der Waals surface area contributed by atoms with Gasteiger partial charge in [-0.3, -0.25) is 0 Å². The molecule has 0 aromatic heterocycles. The SMILES string of the molecule is Nc1cc(N)c(CCO)c(-c2ccccc2Cl)c1. The van der Waals surface area contributed by atoms with Crippen molar-refractivity contribution in [2.24, 2.45) is 0 Å². The summed E-state index contributed by atoms with van der Waals surface area (Å²) in [7, 11) is 0. The lowest BCUT2D eigenvalue weighted by atomic mass is 9.95. The average Bonchev–Trinajstić information content (AvgIpc) is 2.33. The van der Waals surface area contributed by atoms with Crippen molar-refractivity contribution in [3.8, 4) is 11.1 Å². The highest BCUT2D eigenvalue weighted by atomic mass is 35.5. The molecule has 3 nitrogen and oxygen atoms in total. The van der Waals surface area contributed by atoms with Crippen molar-refractivity contribution in [3.05, 3.63) is 47.0 Å². The number of anilines is 2. The molecule has 0 saturated heterocycles. The Labute approximate surface area is 111 Å². The van der Waals surface area contributed by atoms with Gasteiger partial charge in [0.1, 0.15) is 0 Å². The highest BCUT2D eigenvalue weighted by molar-refractivity contribution is 6.33. The summed E-state index contributed by atoms with van der Waals surface area (Å²) >= 11 is 6.19. The van der Waals surface area contributed by atoms with Crippen LogP contribution in [0.1, 0.15) is 5.56 Å². The first-order valence-corrected chi connectivity index (χ1v) is 6.05. The largest absolute Gasteiger partial charge is 0.399 e. The molecule has 94 valence electrons. The van der Waals surface area contributed by atoms with Gasteiger partial charge in [-0.05, 0) is 35.7 Å². The topological polar surface area (TPSA) is 72.3 Å². The Hall–Kier alpha value is -1.71. The van der Waals surface area contributed by atoms with Crippen LogP contribution in [0.3, 0.4) is 0 Å². The Morgan fingerprint density at radius 3 is 2.44 bits per heavy atom. The van der Waals surface area contributed by atoms with E-state index in [9.17, 15) is 0 Å². The van der Waals surface area contributed by atoms with Gasteiger partial charge in [0.15, 0.2) is 0 Å². The molecule has 0 unspecified atom stereocenters. The fourth-order valence-electron chi connectivity index (χ4n) is 2.03. The van der Waals surface area contributed by atoms with Gasteiger partial charge in [-0.2, -0.15) is 0 Å². The lowest BCUT2D eigenvalue weighted by molar-refractivity contribution is 0.300. The first-order valence-electron chi connectivity index (χ1n) is 5.67. The van der Waals surface area contributed by atoms with E-state index in [-0.39, 0.29) is 6.61 Å². The van der Waals surface area contributed by atoms with Gasteiger partial charge in [-0.1, -0.05) is 29.8 Å². The number of halogens is 1. The molecule has 0 radical (unpaired) electrons. The quantitative estimate of drug-likeness (QED) is 0.745. The maximum atomic E-state index is 9.13. The number of nitrogen functional groups attached to an aromatic ring is 2. The van der Waals surface area contributed by atoms with Gasteiger partial charge in [-0.15, -0.1) is 0 Å². The molecule has 5 N–H and O–H groups in total. The van der Waals surface area contributed by atoms with E-state index in [1.165, 1.54) is 0 Å². The Bertz CT molecular complexity index is 570. The van der Waals surface area contributed by atoms with Gasteiger partial charge in [0.2, 0.25) is 0 Å². The zero-order valence-corrected chi connectivity index (χ0v) is 10.6. The van der Waals surface area contributed by atoms with Crippen LogP contribution in [0, 0.1) is 0 Å². The van der Waals surface area contributed by atoms with Gasteiger partial charge in [0.25, 0.3) is 0 Å². The number of aliphatic hydroxyl groups is 1. The Morgan fingerprint density at radius 2 is 1.78 bits per heavy atom. The molecule has 2 aromatic rings. The molecule has 0 fully saturated rings. The summed E-state index contributed by atoms with van der Waals surface area (Å²) in [6, 6.07) is 11.0. The molecular formula is C14H15ClN2O. The summed E-state index contributed by atoms with van der Waals surface area (Å²) in [4.78, 5) is 0. The third kappa shape index (κ3) is 2.42. The van der Waals surface area contributed by atoms with Crippen molar-refractivity contribution in [2.45, 2.75) is 6.42 Å². The van der Waals surface area contributed by atoms with E-state index in [1.54, 1.807) is 6.07 Å². The predicted octanol–water partition coefficient (Wildman–Crippen LogP) is 2.71. The molecule has 2 rings (SSSR count). The van der Waals surface area contributed by atoms with E-state index in [0.29, 0.717) is 22.8 Å². The van der Waals surface area contributed by atoms with E-state index in [1.807, 2.05) is 30.3 Å². The normalized spacial score (nSPS) is 10.6. The van der Waals surface area contributed by atoms with Crippen LogP contribution >= 0.6 is 11.6 Å². The summed E-state index contributed by atoms with van der Waals surface area (Å²) in [6.45, 7) is 0.0333. The third-order valence-electron chi connectivity index (χ3n) is 2.83. The zero-order valence-electron chi connectivity index (χ0n) is 9.86. The molecule has 0 atom stereocenters. The van der Waals surface area contributed by atoms with Crippen LogP contribution in [-0.4, -0.2) is 11.7 Å². The lowest BCUT2D eigenvalue weighted by Gasteiger charge is -2.14. The number of rotatable bonds is 3. The van der Waals surface area contributed by atoms with Gasteiger partial charge < -0.3 is 16.6 Å². The van der Waals surface area contributed by atoms with Crippen molar-refractivity contribution in [2.75, 3.05) is 18.1 Å². The van der Waals surface area contributed by atoms with Gasteiger partial charge in [-0.25, -0.2) is 0 Å². The number of benzene rings is 2. The number of hydrogen-bond donors (Lipinski definition) is 3. The highest BCUT2D eigenvalue weighted by Crippen LogP contribution is 2.35. The van der Waals surface area contributed by atoms with Crippen LogP contribution in [0.25, 0.3) is 11.1 Å². The minimum Gasteiger partial charge on any atom is -0.399 e. The van der Waals surface area contributed by atoms with Crippen molar-refractivity contribution < 1.29 is 5.11 Å². The molecule has 0 spiro atoms. The molecule has 0 amide bonds. The molecule has 0 saturated carbocycles. The summed E-state index contributed by atoms with van der Waals surface area (Å²) < 4.78 is 0. The maximum Gasteiger partial charge on any atom is 0.0484 e. The minimum atomic E-state index is 0.0333. The van der Waals surface area contributed by atoms with Gasteiger partial charge >= 0.3 is 0 Å². The fourth-order valence-corrected chi connectivity index (χ4v) is 2.27. The molecule has 2 aromatic carbocycles. The van der Waals surface area contributed by atoms with Crippen LogP contribution < -0.4 is 11.5 Å². The van der Waals surface area contributed by atoms with E-state index >= 15 is 0 Å². The summed E-state index contributed by atoms with van der Waals surface area (Å²) in [5.41, 5.74) is 15.6. The molecule has 0 aliphatic heterocycles. The summed E-state index contributed by atoms with van der Waals surface area (Å²) in [5, 5.41) is 9.77. The second-order valence-corrected chi connectivity index (χ2v) is 4.50. The predicted molar refractivity (Wildman–Crippen MR) is 76.5 cm³/mol. The van der Waals surface area contributed by atoms with E-state index in [2.05, 4.69) is 0 Å². The van der Waals surface area contributed by atoms with E-state index in [0.717, 1.165) is 16.7 Å². The van der Waals surface area contributed by atoms with Gasteiger partial charge in [0.05, 0.1) is 0 Å². The van der Waals surface area contributed by atoms with Crippen molar-refractivity contribution in [3.63, 3.8) is 0 Å². The lowest BCUT2D eigenvalue weighted by Crippen LogP contribution is -2.02. The highest BCUT2D eigenvalue weighted by Gasteiger charge is 2.12. The Kier molecular flexibility index (Phi) is 3.75. The number of aliphatic hydroxyl groups excluding tert-OH is 1. The Morgan fingerprint density at radius 1 is 1.06 bits per heavy atom. The van der Waals surface area contributed by atoms with Crippen molar-refractivity contribution in [1.29, 1.82) is 0 Å². The zero-order chi connectivity index (χ0) is 13.1. The average molecular weight is 263 g/mol. The smallest absolute Gasteiger partial charge is 0.0484 e.